The summed E-state index contributed by atoms with van der Waals surface area (Å²) in [6.07, 6.45) is 3.58. The number of hydrogen-bond acceptors (Lipinski definition) is 13. The number of nitrogens with one attached hydrogen (secondary N) is 2. The third-order valence-corrected chi connectivity index (χ3v) is 7.91. The van der Waals surface area contributed by atoms with Gasteiger partial charge in [-0.25, -0.2) is 14.2 Å². The summed E-state index contributed by atoms with van der Waals surface area (Å²) in [6, 6.07) is 2.58. The number of carboxylic acid groups (broad SMARTS) is 2. The van der Waals surface area contributed by atoms with Gasteiger partial charge in [0.25, 0.3) is 11.8 Å². The van der Waals surface area contributed by atoms with Crippen LogP contribution in [0.1, 0.15) is 19.7 Å². The van der Waals surface area contributed by atoms with Crippen molar-refractivity contribution in [1.82, 2.24) is 19.6 Å². The van der Waals surface area contributed by atoms with E-state index in [0.717, 1.165) is 22.1 Å². The number of amides is 2. The van der Waals surface area contributed by atoms with E-state index in [1.807, 2.05) is 12.1 Å². The number of carboxylic acids is 2. The summed E-state index contributed by atoms with van der Waals surface area (Å²) in [7, 11) is 0. The summed E-state index contributed by atoms with van der Waals surface area (Å²) < 4.78 is 5.72. The van der Waals surface area contributed by atoms with E-state index >= 15 is 0 Å². The lowest BCUT2D eigenvalue weighted by Gasteiger charge is -2.49. The summed E-state index contributed by atoms with van der Waals surface area (Å²) in [4.78, 5) is 60.1. The fraction of sp³-hybridized carbons (Fsp3) is 0.391. The Labute approximate surface area is 241 Å². The number of nitrogen functional groups attached to an aromatic ring is 1. The molecule has 2 aromatic heterocycles. The van der Waals surface area contributed by atoms with Gasteiger partial charge in [0.15, 0.2) is 24.1 Å². The number of fused-ring (bicyclic) bond motifs is 1. The molecule has 0 saturated carbocycles. The number of aliphatic carboxylic acids is 2. The fourth-order valence-electron chi connectivity index (χ4n) is 3.85. The highest BCUT2D eigenvalue weighted by molar-refractivity contribution is 8.00. The number of hydrogen-bond donors (Lipinski definition) is 6. The van der Waals surface area contributed by atoms with Gasteiger partial charge in [0.1, 0.15) is 17.1 Å². The maximum atomic E-state index is 13.2. The molecule has 0 aliphatic carbocycles. The average molecular weight is 607 g/mol. The SMILES string of the molecule is CC(C)(O/N=C(\C(=O)N[C@@H]1C(=O)N2C(C(=O)O)=C(C[n+]3ccc(NCCN)cc3)CS[C@H]12)c1nsc(N)n1)C(=O)O. The standard InChI is InChI=1S/C23H27N9O7S2/c1-23(2,21(37)38)39-29-13(16-28-22(25)41-30-16)17(33)27-14-18(34)32-15(20(35)36)11(10-40-19(14)32)9-31-7-3-12(4-8-31)26-6-5-24/h3-4,7-8,14,19H,5-6,9-10,24H2,1-2H3,(H5,25,27,28,30,33,35,36,37,38)/p+1/b29-13-/t14-,19-/m1/s1. The minimum absolute atomic E-state index is 0.0230. The topological polar surface area (TPSA) is 239 Å². The van der Waals surface area contributed by atoms with E-state index < -0.39 is 46.5 Å². The van der Waals surface area contributed by atoms with Crippen LogP contribution in [0.4, 0.5) is 10.8 Å². The number of pyridine rings is 1. The second-order valence-electron chi connectivity index (χ2n) is 9.40. The van der Waals surface area contributed by atoms with E-state index in [1.165, 1.54) is 25.6 Å². The number of thioether (sulfide) groups is 1. The molecule has 0 aromatic carbocycles. The highest BCUT2D eigenvalue weighted by Gasteiger charge is 2.55. The summed E-state index contributed by atoms with van der Waals surface area (Å²) >= 11 is 2.07. The largest absolute Gasteiger partial charge is 0.478 e. The van der Waals surface area contributed by atoms with E-state index in [4.69, 9.17) is 16.3 Å². The second-order valence-corrected chi connectivity index (χ2v) is 11.3. The van der Waals surface area contributed by atoms with Crippen molar-refractivity contribution in [2.75, 3.05) is 29.9 Å². The molecule has 18 heteroatoms. The predicted octanol–water partition coefficient (Wildman–Crippen LogP) is -1.20. The van der Waals surface area contributed by atoms with Crippen LogP contribution >= 0.6 is 23.3 Å². The van der Waals surface area contributed by atoms with E-state index in [2.05, 4.69) is 25.1 Å². The van der Waals surface area contributed by atoms with Crippen LogP contribution in [0.5, 0.6) is 0 Å². The summed E-state index contributed by atoms with van der Waals surface area (Å²) in [5.41, 5.74) is 10.1. The summed E-state index contributed by atoms with van der Waals surface area (Å²) in [6.45, 7) is 3.79. The molecule has 2 aliphatic heterocycles. The van der Waals surface area contributed by atoms with Gasteiger partial charge in [-0.1, -0.05) is 5.16 Å². The number of nitrogens with two attached hydrogens (primary N) is 2. The van der Waals surface area contributed by atoms with Crippen molar-refractivity contribution in [1.29, 1.82) is 0 Å². The van der Waals surface area contributed by atoms with Crippen LogP contribution in [0.15, 0.2) is 41.0 Å². The zero-order valence-corrected chi connectivity index (χ0v) is 23.6. The Hall–Kier alpha value is -4.29. The molecule has 16 nitrogen and oxygen atoms in total. The van der Waals surface area contributed by atoms with Crippen molar-refractivity contribution in [2.24, 2.45) is 10.9 Å². The normalized spacial score (nSPS) is 18.9. The smallest absolute Gasteiger partial charge is 0.352 e. The maximum absolute atomic E-state index is 13.2. The summed E-state index contributed by atoms with van der Waals surface area (Å²) in [5.74, 6) is -4.08. The molecule has 8 N–H and O–H groups in total. The van der Waals surface area contributed by atoms with Crippen LogP contribution in [-0.4, -0.2) is 89.8 Å². The highest BCUT2D eigenvalue weighted by atomic mass is 32.2. The van der Waals surface area contributed by atoms with Crippen LogP contribution in [0.3, 0.4) is 0 Å². The monoisotopic (exact) mass is 606 g/mol. The van der Waals surface area contributed by atoms with Crippen molar-refractivity contribution in [3.63, 3.8) is 0 Å². The number of carbonyl (C=O) groups is 4. The number of β-lactam (4-membered cyclic amide) rings is 1. The quantitative estimate of drug-likeness (QED) is 0.0721. The van der Waals surface area contributed by atoms with Crippen LogP contribution in [-0.2, 0) is 30.6 Å². The van der Waals surface area contributed by atoms with Gasteiger partial charge < -0.3 is 37.2 Å². The molecule has 4 rings (SSSR count). The van der Waals surface area contributed by atoms with Gasteiger partial charge in [0, 0.05) is 53.8 Å². The number of anilines is 2. The number of nitrogens with zero attached hydrogens (tertiary/aromatic N) is 5. The third kappa shape index (κ3) is 6.39. The molecule has 2 amide bonds. The molecule has 0 bridgehead atoms. The Bertz CT molecular complexity index is 1420. The molecule has 1 fully saturated rings. The molecule has 2 atom stereocenters. The lowest BCUT2D eigenvalue weighted by Crippen LogP contribution is -2.71. The molecule has 2 aromatic rings. The number of carbonyl (C=O) groups excluding carboxylic acids is 2. The van der Waals surface area contributed by atoms with E-state index in [1.54, 1.807) is 17.0 Å². The molecule has 2 aliphatic rings. The van der Waals surface area contributed by atoms with Crippen molar-refractivity contribution >= 4 is 63.6 Å². The third-order valence-electron chi connectivity index (χ3n) is 6.02. The van der Waals surface area contributed by atoms with Crippen molar-refractivity contribution < 1.29 is 38.8 Å². The van der Waals surface area contributed by atoms with Crippen LogP contribution in [0.25, 0.3) is 0 Å². The molecular weight excluding hydrogens is 578 g/mol. The minimum Gasteiger partial charge on any atom is -0.478 e. The first kappa shape index (κ1) is 29.7. The molecule has 0 unspecified atom stereocenters. The van der Waals surface area contributed by atoms with Crippen molar-refractivity contribution in [2.45, 2.75) is 37.4 Å². The van der Waals surface area contributed by atoms with Gasteiger partial charge in [-0.3, -0.25) is 14.5 Å². The van der Waals surface area contributed by atoms with Crippen LogP contribution in [0, 0.1) is 0 Å². The van der Waals surface area contributed by atoms with E-state index in [9.17, 15) is 29.4 Å². The van der Waals surface area contributed by atoms with Gasteiger partial charge in [-0.2, -0.15) is 9.36 Å². The Balaban J connectivity index is 1.51. The predicted molar refractivity (Wildman–Crippen MR) is 148 cm³/mol. The van der Waals surface area contributed by atoms with Gasteiger partial charge >= 0.3 is 11.9 Å². The fourth-order valence-corrected chi connectivity index (χ4v) is 5.62. The second kappa shape index (κ2) is 12.1. The number of aromatic nitrogens is 3. The number of oxime groups is 1. The van der Waals surface area contributed by atoms with Gasteiger partial charge in [-0.15, -0.1) is 11.8 Å². The Morgan fingerprint density at radius 3 is 2.59 bits per heavy atom. The van der Waals surface area contributed by atoms with Crippen molar-refractivity contribution in [3.8, 4) is 0 Å². The van der Waals surface area contributed by atoms with Crippen LogP contribution in [0.2, 0.25) is 0 Å². The molecule has 1 saturated heterocycles. The zero-order chi connectivity index (χ0) is 29.9. The Morgan fingerprint density at radius 1 is 1.29 bits per heavy atom. The Morgan fingerprint density at radius 2 is 2.00 bits per heavy atom. The molecule has 0 radical (unpaired) electrons. The van der Waals surface area contributed by atoms with Gasteiger partial charge in [0.2, 0.25) is 17.1 Å². The highest BCUT2D eigenvalue weighted by Crippen LogP contribution is 2.40. The first-order valence-electron chi connectivity index (χ1n) is 12.2. The summed E-state index contributed by atoms with van der Waals surface area (Å²) in [5, 5.41) is 27.9. The minimum atomic E-state index is -1.79. The molecular formula is C23H28N9O7S2+. The molecule has 0 spiro atoms. The Kier molecular flexibility index (Phi) is 8.74. The lowest BCUT2D eigenvalue weighted by molar-refractivity contribution is -0.688. The molecule has 4 heterocycles. The van der Waals surface area contributed by atoms with E-state index in [-0.39, 0.29) is 23.2 Å². The number of rotatable bonds is 12. The first-order valence-corrected chi connectivity index (χ1v) is 14.0. The van der Waals surface area contributed by atoms with Crippen molar-refractivity contribution in [3.05, 3.63) is 41.6 Å². The lowest BCUT2D eigenvalue weighted by atomic mass is 10.0. The first-order chi connectivity index (χ1) is 19.4. The van der Waals surface area contributed by atoms with Crippen LogP contribution < -0.4 is 26.7 Å². The molecule has 41 heavy (non-hydrogen) atoms. The average Bonchev–Trinajstić information content (AvgIpc) is 3.36. The van der Waals surface area contributed by atoms with Gasteiger partial charge in [0.05, 0.1) is 0 Å². The zero-order valence-electron chi connectivity index (χ0n) is 21.9. The molecule has 218 valence electrons. The van der Waals surface area contributed by atoms with E-state index in [0.29, 0.717) is 24.4 Å². The van der Waals surface area contributed by atoms with Gasteiger partial charge in [-0.05, 0) is 13.8 Å². The maximum Gasteiger partial charge on any atom is 0.352 e.